The van der Waals surface area contributed by atoms with Crippen LogP contribution in [0.5, 0.6) is 5.75 Å². The van der Waals surface area contributed by atoms with Crippen LogP contribution in [0.15, 0.2) is 23.6 Å². The van der Waals surface area contributed by atoms with Crippen LogP contribution in [0.3, 0.4) is 0 Å². The Labute approximate surface area is 178 Å². The summed E-state index contributed by atoms with van der Waals surface area (Å²) in [6.45, 7) is 4.22. The highest BCUT2D eigenvalue weighted by Gasteiger charge is 2.47. The zero-order chi connectivity index (χ0) is 21.4. The molecule has 0 spiro atoms. The Bertz CT molecular complexity index is 917. The van der Waals surface area contributed by atoms with Gasteiger partial charge in [-0.1, -0.05) is 13.8 Å². The number of carbonyl (C=O) groups is 1. The molecule has 2 aromatic rings. The molecule has 1 saturated carbocycles. The number of benzene rings is 1. The zero-order valence-corrected chi connectivity index (χ0v) is 17.8. The number of ether oxygens (including phenoxy) is 2. The Hall–Kier alpha value is -2.03. The first-order valence-corrected chi connectivity index (χ1v) is 11.2. The van der Waals surface area contributed by atoms with E-state index in [1.165, 1.54) is 22.8 Å². The van der Waals surface area contributed by atoms with E-state index in [0.717, 1.165) is 12.8 Å². The SMILES string of the molecule is CC(C)c1cc(OC[C@@H]2[C@H]3CC[C@H](c4nc(C(=O)O)cs4)O[C@H]3C[C@@H]2O)ccc1F. The number of carboxylic acid groups (broad SMARTS) is 1. The second-order valence-corrected chi connectivity index (χ2v) is 9.29. The number of halogens is 1. The Morgan fingerprint density at radius 2 is 2.20 bits per heavy atom. The molecule has 0 radical (unpaired) electrons. The van der Waals surface area contributed by atoms with Gasteiger partial charge in [0.1, 0.15) is 22.7 Å². The third-order valence-electron chi connectivity index (χ3n) is 6.15. The normalized spacial score (nSPS) is 28.5. The maximum Gasteiger partial charge on any atom is 0.355 e. The number of hydrogen-bond donors (Lipinski definition) is 2. The molecule has 8 heteroatoms. The Morgan fingerprint density at radius 3 is 2.90 bits per heavy atom. The Balaban J connectivity index is 1.39. The monoisotopic (exact) mass is 435 g/mol. The van der Waals surface area contributed by atoms with E-state index in [4.69, 9.17) is 14.6 Å². The van der Waals surface area contributed by atoms with Gasteiger partial charge in [-0.15, -0.1) is 11.3 Å². The van der Waals surface area contributed by atoms with Crippen molar-refractivity contribution in [3.8, 4) is 5.75 Å². The maximum atomic E-state index is 13.9. The number of aromatic carboxylic acids is 1. The topological polar surface area (TPSA) is 88.9 Å². The molecule has 0 bridgehead atoms. The molecule has 2 heterocycles. The molecule has 1 aliphatic heterocycles. The fourth-order valence-electron chi connectivity index (χ4n) is 4.52. The van der Waals surface area contributed by atoms with Crippen LogP contribution >= 0.6 is 11.3 Å². The fraction of sp³-hybridized carbons (Fsp3) is 0.545. The molecule has 1 saturated heterocycles. The van der Waals surface area contributed by atoms with Crippen molar-refractivity contribution in [2.75, 3.05) is 6.61 Å². The molecule has 1 aliphatic carbocycles. The summed E-state index contributed by atoms with van der Waals surface area (Å²) in [5, 5.41) is 21.9. The summed E-state index contributed by atoms with van der Waals surface area (Å²) in [5.41, 5.74) is 0.656. The predicted molar refractivity (Wildman–Crippen MR) is 110 cm³/mol. The second-order valence-electron chi connectivity index (χ2n) is 8.40. The first kappa shape index (κ1) is 21.2. The third-order valence-corrected chi connectivity index (χ3v) is 7.08. The van der Waals surface area contributed by atoms with Gasteiger partial charge in [0, 0.05) is 17.7 Å². The minimum absolute atomic E-state index is 0.0403. The van der Waals surface area contributed by atoms with E-state index >= 15 is 0 Å². The second kappa shape index (κ2) is 8.61. The molecule has 162 valence electrons. The van der Waals surface area contributed by atoms with Gasteiger partial charge in [-0.2, -0.15) is 0 Å². The molecule has 0 amide bonds. The summed E-state index contributed by atoms with van der Waals surface area (Å²) in [6, 6.07) is 4.77. The van der Waals surface area contributed by atoms with Gasteiger partial charge in [-0.3, -0.25) is 0 Å². The van der Waals surface area contributed by atoms with Crippen molar-refractivity contribution in [1.29, 1.82) is 0 Å². The lowest BCUT2D eigenvalue weighted by molar-refractivity contribution is -0.0811. The van der Waals surface area contributed by atoms with Crippen molar-refractivity contribution in [2.45, 2.75) is 57.3 Å². The fourth-order valence-corrected chi connectivity index (χ4v) is 5.39. The van der Waals surface area contributed by atoms with E-state index in [-0.39, 0.29) is 41.5 Å². The zero-order valence-electron chi connectivity index (χ0n) is 17.0. The molecule has 4 rings (SSSR count). The van der Waals surface area contributed by atoms with Crippen molar-refractivity contribution in [3.05, 3.63) is 45.7 Å². The van der Waals surface area contributed by atoms with Crippen LogP contribution in [0.25, 0.3) is 0 Å². The van der Waals surface area contributed by atoms with Crippen LogP contribution < -0.4 is 4.74 Å². The minimum Gasteiger partial charge on any atom is -0.493 e. The van der Waals surface area contributed by atoms with Crippen LogP contribution in [0.4, 0.5) is 4.39 Å². The molecule has 5 atom stereocenters. The van der Waals surface area contributed by atoms with Crippen LogP contribution in [0.1, 0.15) is 66.2 Å². The number of nitrogens with zero attached hydrogens (tertiary/aromatic N) is 1. The first-order valence-electron chi connectivity index (χ1n) is 10.3. The van der Waals surface area contributed by atoms with E-state index < -0.39 is 12.1 Å². The number of rotatable bonds is 6. The lowest BCUT2D eigenvalue weighted by atomic mass is 9.87. The largest absolute Gasteiger partial charge is 0.493 e. The van der Waals surface area contributed by atoms with Gasteiger partial charge in [0.05, 0.1) is 18.8 Å². The van der Waals surface area contributed by atoms with Crippen molar-refractivity contribution in [3.63, 3.8) is 0 Å². The van der Waals surface area contributed by atoms with Crippen molar-refractivity contribution in [2.24, 2.45) is 11.8 Å². The number of aromatic nitrogens is 1. The van der Waals surface area contributed by atoms with E-state index in [1.807, 2.05) is 13.8 Å². The quantitative estimate of drug-likeness (QED) is 0.699. The lowest BCUT2D eigenvalue weighted by Gasteiger charge is -2.33. The van der Waals surface area contributed by atoms with Gasteiger partial charge in [0.25, 0.3) is 0 Å². The highest BCUT2D eigenvalue weighted by Crippen LogP contribution is 2.46. The van der Waals surface area contributed by atoms with Crippen LogP contribution in [0, 0.1) is 17.7 Å². The average Bonchev–Trinajstić information content (AvgIpc) is 3.31. The standard InChI is InChI=1S/C22H26FNO5S/c1-11(2)14-7-12(3-5-16(14)23)28-9-15-13-4-6-19(29-20(13)8-18(15)25)21-24-17(10-30-21)22(26)27/h3,5,7,10-11,13,15,18-20,25H,4,6,8-9H2,1-2H3,(H,26,27)/t13-,15-,18+,19-,20+/m1/s1. The summed E-state index contributed by atoms with van der Waals surface area (Å²) in [7, 11) is 0. The number of aliphatic hydroxyl groups is 1. The van der Waals surface area contributed by atoms with Crippen LogP contribution in [-0.2, 0) is 4.74 Å². The summed E-state index contributed by atoms with van der Waals surface area (Å²) in [6.07, 6.45) is 1.22. The van der Waals surface area contributed by atoms with Gasteiger partial charge < -0.3 is 19.7 Å². The molecule has 0 unspecified atom stereocenters. The summed E-state index contributed by atoms with van der Waals surface area (Å²) in [5.74, 6) is -0.505. The van der Waals surface area contributed by atoms with Crippen molar-refractivity contribution in [1.82, 2.24) is 4.98 Å². The Kier molecular flexibility index (Phi) is 6.09. The number of hydrogen-bond acceptors (Lipinski definition) is 6. The summed E-state index contributed by atoms with van der Waals surface area (Å²) < 4.78 is 26.1. The van der Waals surface area contributed by atoms with Crippen LogP contribution in [0.2, 0.25) is 0 Å². The molecule has 1 aromatic carbocycles. The van der Waals surface area contributed by atoms with Crippen molar-refractivity contribution < 1.29 is 28.9 Å². The van der Waals surface area contributed by atoms with E-state index in [9.17, 15) is 14.3 Å². The Morgan fingerprint density at radius 1 is 1.40 bits per heavy atom. The van der Waals surface area contributed by atoms with Crippen LogP contribution in [-0.4, -0.2) is 40.0 Å². The van der Waals surface area contributed by atoms with E-state index in [1.54, 1.807) is 12.1 Å². The average molecular weight is 436 g/mol. The smallest absolute Gasteiger partial charge is 0.355 e. The van der Waals surface area contributed by atoms with Crippen molar-refractivity contribution >= 4 is 17.3 Å². The molecule has 2 N–H and O–H groups in total. The van der Waals surface area contributed by atoms with Gasteiger partial charge in [0.15, 0.2) is 5.69 Å². The number of thiazole rings is 1. The molecule has 2 aliphatic rings. The molecule has 6 nitrogen and oxygen atoms in total. The molecule has 30 heavy (non-hydrogen) atoms. The highest BCUT2D eigenvalue weighted by molar-refractivity contribution is 7.09. The predicted octanol–water partition coefficient (Wildman–Crippen LogP) is 4.40. The first-order chi connectivity index (χ1) is 14.3. The van der Waals surface area contributed by atoms with Gasteiger partial charge in [0.2, 0.25) is 0 Å². The third kappa shape index (κ3) is 4.22. The summed E-state index contributed by atoms with van der Waals surface area (Å²) >= 11 is 1.30. The maximum absolute atomic E-state index is 13.9. The van der Waals surface area contributed by atoms with E-state index in [0.29, 0.717) is 29.3 Å². The highest BCUT2D eigenvalue weighted by atomic mass is 32.1. The number of aliphatic hydroxyl groups excluding tert-OH is 1. The molecule has 2 fully saturated rings. The number of carboxylic acids is 1. The summed E-state index contributed by atoms with van der Waals surface area (Å²) in [4.78, 5) is 15.2. The molecular formula is C22H26FNO5S. The number of fused-ring (bicyclic) bond motifs is 1. The lowest BCUT2D eigenvalue weighted by Crippen LogP contribution is -2.33. The molecule has 1 aromatic heterocycles. The minimum atomic E-state index is -1.04. The molecular weight excluding hydrogens is 409 g/mol. The van der Waals surface area contributed by atoms with Gasteiger partial charge in [-0.25, -0.2) is 14.2 Å². The van der Waals surface area contributed by atoms with Gasteiger partial charge in [-0.05, 0) is 48.4 Å². The van der Waals surface area contributed by atoms with E-state index in [2.05, 4.69) is 4.98 Å². The van der Waals surface area contributed by atoms with Gasteiger partial charge >= 0.3 is 5.97 Å².